The fraction of sp³-hybridized carbons (Fsp3) is 0.571. The summed E-state index contributed by atoms with van der Waals surface area (Å²) >= 11 is 0. The van der Waals surface area contributed by atoms with Crippen molar-refractivity contribution in [2.45, 2.75) is 50.7 Å². The second-order valence-corrected chi connectivity index (χ2v) is 8.23. The van der Waals surface area contributed by atoms with Crippen LogP contribution >= 0.6 is 0 Å². The molecule has 2 fully saturated rings. The molecule has 0 radical (unpaired) electrons. The molecule has 9 heteroatoms. The van der Waals surface area contributed by atoms with Gasteiger partial charge in [-0.2, -0.15) is 0 Å². The summed E-state index contributed by atoms with van der Waals surface area (Å²) in [6.07, 6.45) is 1.39. The topological polar surface area (TPSA) is 90.5 Å². The van der Waals surface area contributed by atoms with Crippen LogP contribution in [0, 0.1) is 5.92 Å². The van der Waals surface area contributed by atoms with Crippen LogP contribution in [0.2, 0.25) is 0 Å². The van der Waals surface area contributed by atoms with E-state index in [0.29, 0.717) is 51.0 Å². The summed E-state index contributed by atoms with van der Waals surface area (Å²) in [6, 6.07) is 4.79. The van der Waals surface area contributed by atoms with Crippen LogP contribution in [0.25, 0.3) is 0 Å². The highest BCUT2D eigenvalue weighted by atomic mass is 19.3. The summed E-state index contributed by atoms with van der Waals surface area (Å²) in [5.41, 5.74) is 2.34. The van der Waals surface area contributed by atoms with Gasteiger partial charge in [-0.15, -0.1) is 0 Å². The van der Waals surface area contributed by atoms with E-state index in [4.69, 9.17) is 0 Å². The minimum Gasteiger partial charge on any atom is -0.322 e. The average Bonchev–Trinajstić information content (AvgIpc) is 3.03. The zero-order valence-electron chi connectivity index (χ0n) is 16.7. The van der Waals surface area contributed by atoms with Crippen molar-refractivity contribution in [2.75, 3.05) is 19.6 Å². The first-order valence-electron chi connectivity index (χ1n) is 10.4. The van der Waals surface area contributed by atoms with E-state index in [1.54, 1.807) is 12.1 Å². The first kappa shape index (κ1) is 20.9. The predicted molar refractivity (Wildman–Crippen MR) is 105 cm³/mol. The molecule has 1 aromatic rings. The molecule has 0 saturated carbocycles. The first-order chi connectivity index (χ1) is 14.4. The van der Waals surface area contributed by atoms with Gasteiger partial charge in [0.25, 0.3) is 11.8 Å². The Balaban J connectivity index is 1.37. The Labute approximate surface area is 173 Å². The third-order valence-electron chi connectivity index (χ3n) is 6.29. The van der Waals surface area contributed by atoms with Crippen molar-refractivity contribution in [3.05, 3.63) is 34.9 Å². The number of carbonyl (C=O) groups excluding carboxylic acids is 3. The van der Waals surface area contributed by atoms with E-state index in [0.717, 1.165) is 11.1 Å². The molecule has 0 aliphatic carbocycles. The van der Waals surface area contributed by atoms with Crippen LogP contribution in [0.1, 0.15) is 47.2 Å². The molecule has 3 N–H and O–H groups in total. The predicted octanol–water partition coefficient (Wildman–Crippen LogP) is 1.17. The van der Waals surface area contributed by atoms with Crippen molar-refractivity contribution in [1.29, 1.82) is 0 Å². The molecule has 3 aliphatic heterocycles. The normalized spacial score (nSPS) is 25.9. The SMILES string of the molecule is O=C1CCC(N2Cc3c(CNCCC4CCNCC4(F)F)cccc3C2=O)C(=O)N1. The number of nitrogens with zero attached hydrogens (tertiary/aromatic N) is 1. The van der Waals surface area contributed by atoms with Crippen LogP contribution in [-0.4, -0.2) is 54.2 Å². The Kier molecular flexibility index (Phi) is 5.84. The van der Waals surface area contributed by atoms with Gasteiger partial charge in [-0.3, -0.25) is 19.7 Å². The number of fused-ring (bicyclic) bond motifs is 1. The van der Waals surface area contributed by atoms with Crippen molar-refractivity contribution in [3.63, 3.8) is 0 Å². The lowest BCUT2D eigenvalue weighted by Gasteiger charge is -2.32. The standard InChI is InChI=1S/C21H26F2N4O3/c22-21(23)12-25-9-7-14(21)6-8-24-10-13-2-1-3-15-16(13)11-27(20(15)30)17-4-5-18(28)26-19(17)29/h1-3,14,17,24-25H,4-12H2,(H,26,28,29). The fourth-order valence-corrected chi connectivity index (χ4v) is 4.56. The number of hydrogen-bond acceptors (Lipinski definition) is 5. The van der Waals surface area contributed by atoms with Gasteiger partial charge in [0, 0.05) is 31.0 Å². The molecule has 3 aliphatic rings. The van der Waals surface area contributed by atoms with E-state index in [2.05, 4.69) is 16.0 Å². The molecular weight excluding hydrogens is 394 g/mol. The molecule has 3 amide bonds. The van der Waals surface area contributed by atoms with Gasteiger partial charge in [-0.25, -0.2) is 8.78 Å². The molecule has 0 spiro atoms. The van der Waals surface area contributed by atoms with Gasteiger partial charge in [-0.05, 0) is 49.5 Å². The van der Waals surface area contributed by atoms with E-state index in [-0.39, 0.29) is 24.8 Å². The highest BCUT2D eigenvalue weighted by Gasteiger charge is 2.41. The molecule has 7 nitrogen and oxygen atoms in total. The summed E-state index contributed by atoms with van der Waals surface area (Å²) in [6.45, 7) is 1.60. The third-order valence-corrected chi connectivity index (χ3v) is 6.29. The molecule has 4 rings (SSSR count). The average molecular weight is 420 g/mol. The number of carbonyl (C=O) groups is 3. The number of nitrogens with one attached hydrogen (secondary N) is 3. The van der Waals surface area contributed by atoms with E-state index in [1.165, 1.54) is 4.90 Å². The Morgan fingerprint density at radius 3 is 2.80 bits per heavy atom. The molecule has 0 bridgehead atoms. The lowest BCUT2D eigenvalue weighted by molar-refractivity contribution is -0.136. The highest BCUT2D eigenvalue weighted by Crippen LogP contribution is 2.32. The Hall–Kier alpha value is -2.39. The smallest absolute Gasteiger partial charge is 0.263 e. The lowest BCUT2D eigenvalue weighted by atomic mass is 9.91. The van der Waals surface area contributed by atoms with Crippen molar-refractivity contribution in [2.24, 2.45) is 5.92 Å². The number of hydrogen-bond donors (Lipinski definition) is 3. The summed E-state index contributed by atoms with van der Waals surface area (Å²) < 4.78 is 27.9. The van der Waals surface area contributed by atoms with Crippen molar-refractivity contribution in [3.8, 4) is 0 Å². The van der Waals surface area contributed by atoms with Crippen LogP contribution in [0.15, 0.2) is 18.2 Å². The molecule has 30 heavy (non-hydrogen) atoms. The lowest BCUT2D eigenvalue weighted by Crippen LogP contribution is -2.52. The van der Waals surface area contributed by atoms with Gasteiger partial charge in [0.1, 0.15) is 6.04 Å². The number of amides is 3. The van der Waals surface area contributed by atoms with Gasteiger partial charge in [0.15, 0.2) is 0 Å². The zero-order valence-corrected chi connectivity index (χ0v) is 16.7. The maximum absolute atomic E-state index is 13.9. The number of piperidine rings is 2. The van der Waals surface area contributed by atoms with Crippen LogP contribution in [0.5, 0.6) is 0 Å². The summed E-state index contributed by atoms with van der Waals surface area (Å²) in [5, 5.41) is 8.27. The van der Waals surface area contributed by atoms with E-state index >= 15 is 0 Å². The van der Waals surface area contributed by atoms with Gasteiger partial charge < -0.3 is 15.5 Å². The summed E-state index contributed by atoms with van der Waals surface area (Å²) in [4.78, 5) is 37.9. The number of halogens is 2. The fourth-order valence-electron chi connectivity index (χ4n) is 4.56. The molecule has 1 aromatic carbocycles. The largest absolute Gasteiger partial charge is 0.322 e. The summed E-state index contributed by atoms with van der Waals surface area (Å²) in [7, 11) is 0. The van der Waals surface area contributed by atoms with Crippen molar-refractivity contribution < 1.29 is 23.2 Å². The van der Waals surface area contributed by atoms with Crippen LogP contribution in [0.4, 0.5) is 8.78 Å². The highest BCUT2D eigenvalue weighted by molar-refractivity contribution is 6.05. The number of benzene rings is 1. The van der Waals surface area contributed by atoms with Crippen molar-refractivity contribution >= 4 is 17.7 Å². The maximum Gasteiger partial charge on any atom is 0.263 e. The monoisotopic (exact) mass is 420 g/mol. The minimum absolute atomic E-state index is 0.212. The second kappa shape index (κ2) is 8.39. The van der Waals surface area contributed by atoms with Gasteiger partial charge in [0.05, 0.1) is 6.54 Å². The first-order valence-corrected chi connectivity index (χ1v) is 10.4. The van der Waals surface area contributed by atoms with Gasteiger partial charge in [-0.1, -0.05) is 12.1 Å². The number of alkyl halides is 2. The zero-order chi connectivity index (χ0) is 21.3. The van der Waals surface area contributed by atoms with E-state index in [9.17, 15) is 23.2 Å². The third kappa shape index (κ3) is 4.09. The van der Waals surface area contributed by atoms with E-state index < -0.39 is 23.8 Å². The Morgan fingerprint density at radius 2 is 2.03 bits per heavy atom. The van der Waals surface area contributed by atoms with Gasteiger partial charge in [0.2, 0.25) is 11.8 Å². The number of rotatable bonds is 6. The van der Waals surface area contributed by atoms with Gasteiger partial charge >= 0.3 is 0 Å². The minimum atomic E-state index is -2.68. The Morgan fingerprint density at radius 1 is 1.20 bits per heavy atom. The van der Waals surface area contributed by atoms with Crippen LogP contribution in [-0.2, 0) is 22.7 Å². The Bertz CT molecular complexity index is 861. The molecule has 0 aromatic heterocycles. The quantitative estimate of drug-likeness (QED) is 0.475. The molecular formula is C21H26F2N4O3. The molecule has 162 valence electrons. The molecule has 2 unspecified atom stereocenters. The molecule has 2 saturated heterocycles. The van der Waals surface area contributed by atoms with Crippen LogP contribution < -0.4 is 16.0 Å². The molecule has 3 heterocycles. The van der Waals surface area contributed by atoms with Crippen molar-refractivity contribution in [1.82, 2.24) is 20.9 Å². The maximum atomic E-state index is 13.9. The second-order valence-electron chi connectivity index (χ2n) is 8.23. The van der Waals surface area contributed by atoms with E-state index in [1.807, 2.05) is 6.07 Å². The van der Waals surface area contributed by atoms with Crippen LogP contribution in [0.3, 0.4) is 0 Å². The molecule has 2 atom stereocenters. The summed E-state index contributed by atoms with van der Waals surface area (Å²) in [5.74, 6) is -4.27. The number of imide groups is 1.